The summed E-state index contributed by atoms with van der Waals surface area (Å²) >= 11 is 0. The molecule has 14 heavy (non-hydrogen) atoms. The zero-order chi connectivity index (χ0) is 9.84. The molecule has 0 radical (unpaired) electrons. The fraction of sp³-hybridized carbons (Fsp3) is 0.400. The Balaban J connectivity index is 0.00000169. The Hall–Kier alpha value is -0.770. The molecule has 0 bridgehead atoms. The van der Waals surface area contributed by atoms with Gasteiger partial charge in [-0.2, -0.15) is 0 Å². The molecule has 0 saturated heterocycles. The van der Waals surface area contributed by atoms with Crippen molar-refractivity contribution in [1.82, 2.24) is 0 Å². The molecule has 0 amide bonds. The van der Waals surface area contributed by atoms with Gasteiger partial charge in [-0.25, -0.2) is 0 Å². The van der Waals surface area contributed by atoms with E-state index in [9.17, 15) is 5.11 Å². The van der Waals surface area contributed by atoms with Crippen LogP contribution in [0.4, 0.5) is 0 Å². The number of phenols is 1. The van der Waals surface area contributed by atoms with Gasteiger partial charge in [0, 0.05) is 18.2 Å². The summed E-state index contributed by atoms with van der Waals surface area (Å²) < 4.78 is 0. The first-order valence-corrected chi connectivity index (χ1v) is 4.31. The third kappa shape index (κ3) is 3.18. The smallest absolute Gasteiger partial charge is 0.120 e. The van der Waals surface area contributed by atoms with Crippen LogP contribution >= 0.6 is 12.4 Å². The van der Waals surface area contributed by atoms with Gasteiger partial charge < -0.3 is 15.9 Å². The Morgan fingerprint density at radius 3 is 2.57 bits per heavy atom. The third-order valence-corrected chi connectivity index (χ3v) is 2.03. The van der Waals surface area contributed by atoms with Crippen molar-refractivity contribution < 1.29 is 10.2 Å². The summed E-state index contributed by atoms with van der Waals surface area (Å²) in [5.41, 5.74) is 7.43. The molecule has 1 aromatic rings. The first-order chi connectivity index (χ1) is 6.15. The molecule has 1 rings (SSSR count). The molecule has 0 aliphatic heterocycles. The summed E-state index contributed by atoms with van der Waals surface area (Å²) in [5.74, 6) is 0.209. The van der Waals surface area contributed by atoms with Crippen LogP contribution in [0, 0.1) is 6.92 Å². The molecular weight excluding hydrogens is 202 g/mol. The average Bonchev–Trinajstić information content (AvgIpc) is 2.04. The normalized spacial score (nSPS) is 11.9. The molecule has 0 heterocycles. The fourth-order valence-corrected chi connectivity index (χ4v) is 1.26. The van der Waals surface area contributed by atoms with E-state index in [4.69, 9.17) is 10.8 Å². The van der Waals surface area contributed by atoms with Crippen molar-refractivity contribution in [2.75, 3.05) is 6.61 Å². The number of hydrogen-bond acceptors (Lipinski definition) is 3. The predicted octanol–water partition coefficient (Wildman–Crippen LogP) is 1.50. The number of aliphatic hydroxyl groups excluding tert-OH is 1. The van der Waals surface area contributed by atoms with Crippen LogP contribution in [0.15, 0.2) is 18.2 Å². The standard InChI is InChI=1S/C10H15NO2.ClH/c1-7-2-3-8(10(13)6-7)9(11)4-5-12;/h2-3,6,9,12-13H,4-5,11H2,1H3;1H/t9-;/m1./s1. The quantitative estimate of drug-likeness (QED) is 0.719. The van der Waals surface area contributed by atoms with E-state index < -0.39 is 0 Å². The summed E-state index contributed by atoms with van der Waals surface area (Å²) in [4.78, 5) is 0. The van der Waals surface area contributed by atoms with Gasteiger partial charge in [-0.15, -0.1) is 12.4 Å². The van der Waals surface area contributed by atoms with Gasteiger partial charge in [0.05, 0.1) is 0 Å². The molecule has 1 aromatic carbocycles. The maximum Gasteiger partial charge on any atom is 0.120 e. The number of halogens is 1. The number of phenolic OH excluding ortho intramolecular Hbond substituents is 1. The molecule has 0 fully saturated rings. The van der Waals surface area contributed by atoms with E-state index >= 15 is 0 Å². The number of hydrogen-bond donors (Lipinski definition) is 3. The van der Waals surface area contributed by atoms with Crippen LogP contribution in [0.1, 0.15) is 23.6 Å². The van der Waals surface area contributed by atoms with Crippen LogP contribution in [0.5, 0.6) is 5.75 Å². The zero-order valence-electron chi connectivity index (χ0n) is 8.10. The van der Waals surface area contributed by atoms with Crippen LogP contribution in [0.25, 0.3) is 0 Å². The second-order valence-electron chi connectivity index (χ2n) is 3.18. The molecule has 4 heteroatoms. The van der Waals surface area contributed by atoms with E-state index in [1.54, 1.807) is 12.1 Å². The van der Waals surface area contributed by atoms with E-state index in [1.165, 1.54) is 0 Å². The number of rotatable bonds is 3. The SMILES string of the molecule is Cc1ccc([C@H](N)CCO)c(O)c1.Cl. The Kier molecular flexibility index (Phi) is 5.53. The van der Waals surface area contributed by atoms with Crippen molar-refractivity contribution >= 4 is 12.4 Å². The Morgan fingerprint density at radius 1 is 1.43 bits per heavy atom. The minimum atomic E-state index is -0.286. The lowest BCUT2D eigenvalue weighted by Crippen LogP contribution is -2.12. The predicted molar refractivity (Wildman–Crippen MR) is 58.7 cm³/mol. The highest BCUT2D eigenvalue weighted by Crippen LogP contribution is 2.25. The topological polar surface area (TPSA) is 66.5 Å². The first-order valence-electron chi connectivity index (χ1n) is 4.31. The highest BCUT2D eigenvalue weighted by Gasteiger charge is 2.09. The maximum atomic E-state index is 9.53. The van der Waals surface area contributed by atoms with Crippen LogP contribution < -0.4 is 5.73 Å². The number of benzene rings is 1. The zero-order valence-corrected chi connectivity index (χ0v) is 8.92. The highest BCUT2D eigenvalue weighted by molar-refractivity contribution is 5.85. The van der Waals surface area contributed by atoms with Crippen molar-refractivity contribution in [3.05, 3.63) is 29.3 Å². The van der Waals surface area contributed by atoms with Crippen molar-refractivity contribution in [1.29, 1.82) is 0 Å². The van der Waals surface area contributed by atoms with Gasteiger partial charge >= 0.3 is 0 Å². The molecule has 4 N–H and O–H groups in total. The van der Waals surface area contributed by atoms with Gasteiger partial charge in [-0.3, -0.25) is 0 Å². The lowest BCUT2D eigenvalue weighted by molar-refractivity contribution is 0.275. The van der Waals surface area contributed by atoms with Gasteiger partial charge in [-0.05, 0) is 25.0 Å². The maximum absolute atomic E-state index is 9.53. The Bertz CT molecular complexity index is 291. The van der Waals surface area contributed by atoms with Crippen LogP contribution in [-0.2, 0) is 0 Å². The molecule has 0 unspecified atom stereocenters. The summed E-state index contributed by atoms with van der Waals surface area (Å²) in [6, 6.07) is 5.08. The number of aliphatic hydroxyl groups is 1. The van der Waals surface area contributed by atoms with Crippen LogP contribution in [-0.4, -0.2) is 16.8 Å². The van der Waals surface area contributed by atoms with E-state index in [1.807, 2.05) is 13.0 Å². The van der Waals surface area contributed by atoms with Crippen molar-refractivity contribution in [3.63, 3.8) is 0 Å². The second-order valence-corrected chi connectivity index (χ2v) is 3.18. The third-order valence-electron chi connectivity index (χ3n) is 2.03. The number of aromatic hydroxyl groups is 1. The first kappa shape index (κ1) is 13.2. The highest BCUT2D eigenvalue weighted by atomic mass is 35.5. The number of nitrogens with two attached hydrogens (primary N) is 1. The molecular formula is C10H16ClNO2. The van der Waals surface area contributed by atoms with Gasteiger partial charge in [-0.1, -0.05) is 12.1 Å². The lowest BCUT2D eigenvalue weighted by atomic mass is 10.0. The lowest BCUT2D eigenvalue weighted by Gasteiger charge is -2.12. The summed E-state index contributed by atoms with van der Waals surface area (Å²) in [6.07, 6.45) is 0.469. The largest absolute Gasteiger partial charge is 0.508 e. The fourth-order valence-electron chi connectivity index (χ4n) is 1.26. The number of aryl methyl sites for hydroxylation is 1. The summed E-state index contributed by atoms with van der Waals surface area (Å²) in [7, 11) is 0. The summed E-state index contributed by atoms with van der Waals surface area (Å²) in [6.45, 7) is 1.94. The van der Waals surface area contributed by atoms with Crippen LogP contribution in [0.3, 0.4) is 0 Å². The van der Waals surface area contributed by atoms with Gasteiger partial charge in [0.15, 0.2) is 0 Å². The molecule has 0 saturated carbocycles. The Morgan fingerprint density at radius 2 is 2.07 bits per heavy atom. The van der Waals surface area contributed by atoms with Gasteiger partial charge in [0.1, 0.15) is 5.75 Å². The van der Waals surface area contributed by atoms with Gasteiger partial charge in [0.2, 0.25) is 0 Å². The van der Waals surface area contributed by atoms with Crippen LogP contribution in [0.2, 0.25) is 0 Å². The van der Waals surface area contributed by atoms with E-state index in [0.29, 0.717) is 12.0 Å². The Labute approximate surface area is 90.0 Å². The second kappa shape index (κ2) is 5.86. The molecule has 0 spiro atoms. The molecule has 3 nitrogen and oxygen atoms in total. The van der Waals surface area contributed by atoms with E-state index in [0.717, 1.165) is 5.56 Å². The van der Waals surface area contributed by atoms with Crippen molar-refractivity contribution in [2.24, 2.45) is 5.73 Å². The molecule has 80 valence electrons. The average molecular weight is 218 g/mol. The molecule has 1 atom stereocenters. The van der Waals surface area contributed by atoms with Gasteiger partial charge in [0.25, 0.3) is 0 Å². The molecule has 0 aliphatic rings. The molecule has 0 aliphatic carbocycles. The summed E-state index contributed by atoms with van der Waals surface area (Å²) in [5, 5.41) is 18.2. The van der Waals surface area contributed by atoms with E-state index in [-0.39, 0.29) is 30.8 Å². The monoisotopic (exact) mass is 217 g/mol. The van der Waals surface area contributed by atoms with Crippen molar-refractivity contribution in [3.8, 4) is 5.75 Å². The van der Waals surface area contributed by atoms with Crippen molar-refractivity contribution in [2.45, 2.75) is 19.4 Å². The van der Waals surface area contributed by atoms with E-state index in [2.05, 4.69) is 0 Å². The molecule has 0 aromatic heterocycles. The minimum absolute atomic E-state index is 0. The minimum Gasteiger partial charge on any atom is -0.508 e.